The number of hydrogen-bond donors (Lipinski definition) is 0. The van der Waals surface area contributed by atoms with Gasteiger partial charge in [0, 0.05) is 19.0 Å². The van der Waals surface area contributed by atoms with Gasteiger partial charge in [-0.25, -0.2) is 4.98 Å². The van der Waals surface area contributed by atoms with E-state index in [1.165, 1.54) is 0 Å². The van der Waals surface area contributed by atoms with Crippen LogP contribution in [0.15, 0.2) is 28.8 Å². The summed E-state index contributed by atoms with van der Waals surface area (Å²) in [5, 5.41) is 8.77. The van der Waals surface area contributed by atoms with Crippen molar-refractivity contribution >= 4 is 5.97 Å². The summed E-state index contributed by atoms with van der Waals surface area (Å²) in [6.07, 6.45) is 3.22. The fourth-order valence-corrected chi connectivity index (χ4v) is 3.84. The first-order valence-corrected chi connectivity index (χ1v) is 9.70. The highest BCUT2D eigenvalue weighted by molar-refractivity contribution is 5.82. The average molecular weight is 396 g/mol. The number of aryl methyl sites for hydroxylation is 1. The van der Waals surface area contributed by atoms with E-state index in [2.05, 4.69) is 15.2 Å². The van der Waals surface area contributed by atoms with Crippen LogP contribution < -0.4 is 4.74 Å². The molecule has 3 heterocycles. The SMILES string of the molecule is CCOC(=O)C1(C)CCCn2c(-c3ccc(-c4cnc(C)o4)c(OC)c3)nnc21. The molecule has 2 aromatic heterocycles. The van der Waals surface area contributed by atoms with Crippen LogP contribution in [-0.4, -0.2) is 39.4 Å². The summed E-state index contributed by atoms with van der Waals surface area (Å²) >= 11 is 0. The van der Waals surface area contributed by atoms with Crippen LogP contribution >= 0.6 is 0 Å². The molecule has 8 nitrogen and oxygen atoms in total. The fraction of sp³-hybridized carbons (Fsp3) is 0.429. The number of carbonyl (C=O) groups is 1. The van der Waals surface area contributed by atoms with Crippen molar-refractivity contribution in [3.05, 3.63) is 36.1 Å². The Morgan fingerprint density at radius 1 is 1.34 bits per heavy atom. The molecular weight excluding hydrogens is 372 g/mol. The fourth-order valence-electron chi connectivity index (χ4n) is 3.84. The molecule has 1 aromatic carbocycles. The smallest absolute Gasteiger partial charge is 0.319 e. The summed E-state index contributed by atoms with van der Waals surface area (Å²) in [5.41, 5.74) is 0.876. The second-order valence-corrected chi connectivity index (χ2v) is 7.31. The van der Waals surface area contributed by atoms with Crippen LogP contribution in [0.4, 0.5) is 0 Å². The normalized spacial score (nSPS) is 18.3. The lowest BCUT2D eigenvalue weighted by molar-refractivity contribution is -0.150. The minimum Gasteiger partial charge on any atom is -0.496 e. The van der Waals surface area contributed by atoms with Crippen LogP contribution in [0.25, 0.3) is 22.7 Å². The minimum atomic E-state index is -0.791. The second-order valence-electron chi connectivity index (χ2n) is 7.31. The third-order valence-corrected chi connectivity index (χ3v) is 5.38. The van der Waals surface area contributed by atoms with Gasteiger partial charge in [-0.1, -0.05) is 6.07 Å². The lowest BCUT2D eigenvalue weighted by atomic mass is 9.82. The second kappa shape index (κ2) is 7.35. The summed E-state index contributed by atoms with van der Waals surface area (Å²) in [4.78, 5) is 16.7. The predicted molar refractivity (Wildman–Crippen MR) is 105 cm³/mol. The Morgan fingerprint density at radius 2 is 2.17 bits per heavy atom. The van der Waals surface area contributed by atoms with Crippen LogP contribution in [0.5, 0.6) is 5.75 Å². The van der Waals surface area contributed by atoms with Gasteiger partial charge in [0.25, 0.3) is 0 Å². The van der Waals surface area contributed by atoms with E-state index in [9.17, 15) is 4.79 Å². The van der Waals surface area contributed by atoms with Gasteiger partial charge in [-0.05, 0) is 38.8 Å². The van der Waals surface area contributed by atoms with Gasteiger partial charge in [-0.3, -0.25) is 4.79 Å². The number of aromatic nitrogens is 4. The molecule has 29 heavy (non-hydrogen) atoms. The molecule has 4 rings (SSSR count). The van der Waals surface area contributed by atoms with Gasteiger partial charge in [0.05, 0.1) is 25.5 Å². The summed E-state index contributed by atoms with van der Waals surface area (Å²) in [5.74, 6) is 2.98. The number of ether oxygens (including phenoxy) is 2. The Bertz CT molecular complexity index is 1050. The van der Waals surface area contributed by atoms with E-state index in [1.54, 1.807) is 20.2 Å². The molecule has 0 amide bonds. The van der Waals surface area contributed by atoms with E-state index >= 15 is 0 Å². The van der Waals surface area contributed by atoms with Crippen LogP contribution in [-0.2, 0) is 21.5 Å². The van der Waals surface area contributed by atoms with Crippen molar-refractivity contribution in [1.29, 1.82) is 0 Å². The largest absolute Gasteiger partial charge is 0.496 e. The molecule has 1 atom stereocenters. The highest BCUT2D eigenvalue weighted by Gasteiger charge is 2.44. The van der Waals surface area contributed by atoms with Crippen molar-refractivity contribution < 1.29 is 18.7 Å². The summed E-state index contributed by atoms with van der Waals surface area (Å²) in [6, 6.07) is 5.77. The quantitative estimate of drug-likeness (QED) is 0.609. The summed E-state index contributed by atoms with van der Waals surface area (Å²) in [7, 11) is 1.61. The number of esters is 1. The standard InChI is InChI=1S/C21H24N4O4/c1-5-28-20(26)21(3)9-6-10-25-18(23-24-19(21)25)14-7-8-15(16(11-14)27-4)17-12-22-13(2)29-17/h7-8,11-12H,5-6,9-10H2,1-4H3. The van der Waals surface area contributed by atoms with Gasteiger partial charge < -0.3 is 18.5 Å². The molecule has 0 spiro atoms. The Hall–Kier alpha value is -3.16. The Balaban J connectivity index is 1.75. The van der Waals surface area contributed by atoms with Crippen molar-refractivity contribution in [2.45, 2.75) is 45.6 Å². The zero-order valence-electron chi connectivity index (χ0n) is 17.1. The highest BCUT2D eigenvalue weighted by Crippen LogP contribution is 2.38. The van der Waals surface area contributed by atoms with Crippen molar-refractivity contribution in [1.82, 2.24) is 19.7 Å². The number of carbonyl (C=O) groups excluding carboxylic acids is 1. The van der Waals surface area contributed by atoms with Crippen LogP contribution in [0.3, 0.4) is 0 Å². The minimum absolute atomic E-state index is 0.256. The number of rotatable bonds is 5. The molecule has 1 aliphatic heterocycles. The lowest BCUT2D eigenvalue weighted by Crippen LogP contribution is -2.40. The number of benzene rings is 1. The van der Waals surface area contributed by atoms with Gasteiger partial charge >= 0.3 is 5.97 Å². The third kappa shape index (κ3) is 3.18. The lowest BCUT2D eigenvalue weighted by Gasteiger charge is -2.31. The number of fused-ring (bicyclic) bond motifs is 1. The molecule has 1 aliphatic rings. The number of oxazole rings is 1. The predicted octanol–water partition coefficient (Wildman–Crippen LogP) is 3.53. The third-order valence-electron chi connectivity index (χ3n) is 5.38. The Morgan fingerprint density at radius 3 is 2.86 bits per heavy atom. The van der Waals surface area contributed by atoms with E-state index in [0.717, 1.165) is 24.1 Å². The molecule has 3 aromatic rings. The van der Waals surface area contributed by atoms with E-state index in [0.29, 0.717) is 42.1 Å². The van der Waals surface area contributed by atoms with Crippen molar-refractivity contribution in [2.24, 2.45) is 0 Å². The highest BCUT2D eigenvalue weighted by atomic mass is 16.5. The van der Waals surface area contributed by atoms with E-state index in [4.69, 9.17) is 13.9 Å². The van der Waals surface area contributed by atoms with Crippen LogP contribution in [0.2, 0.25) is 0 Å². The molecule has 0 saturated heterocycles. The van der Waals surface area contributed by atoms with E-state index in [1.807, 2.05) is 36.6 Å². The topological polar surface area (TPSA) is 92.3 Å². The number of nitrogens with zero attached hydrogens (tertiary/aromatic N) is 4. The molecule has 1 unspecified atom stereocenters. The Kier molecular flexibility index (Phi) is 4.86. The first kappa shape index (κ1) is 19.2. The molecular formula is C21H24N4O4. The van der Waals surface area contributed by atoms with Gasteiger partial charge in [-0.15, -0.1) is 10.2 Å². The number of methoxy groups -OCH3 is 1. The zero-order valence-corrected chi connectivity index (χ0v) is 17.1. The molecule has 0 N–H and O–H groups in total. The van der Waals surface area contributed by atoms with E-state index < -0.39 is 5.41 Å². The molecule has 0 aliphatic carbocycles. The zero-order chi connectivity index (χ0) is 20.6. The maximum Gasteiger partial charge on any atom is 0.319 e. The molecule has 0 fully saturated rings. The maximum absolute atomic E-state index is 12.6. The Labute approximate surface area is 168 Å². The molecule has 0 radical (unpaired) electrons. The maximum atomic E-state index is 12.6. The molecule has 8 heteroatoms. The summed E-state index contributed by atoms with van der Waals surface area (Å²) in [6.45, 7) is 6.58. The van der Waals surface area contributed by atoms with Crippen molar-refractivity contribution in [3.63, 3.8) is 0 Å². The van der Waals surface area contributed by atoms with Gasteiger partial charge in [-0.2, -0.15) is 0 Å². The number of hydrogen-bond acceptors (Lipinski definition) is 7. The molecule has 152 valence electrons. The van der Waals surface area contributed by atoms with Crippen molar-refractivity contribution in [2.75, 3.05) is 13.7 Å². The summed E-state index contributed by atoms with van der Waals surface area (Å²) < 4.78 is 18.5. The van der Waals surface area contributed by atoms with E-state index in [-0.39, 0.29) is 5.97 Å². The van der Waals surface area contributed by atoms with Gasteiger partial charge in [0.15, 0.2) is 23.3 Å². The van der Waals surface area contributed by atoms with Crippen molar-refractivity contribution in [3.8, 4) is 28.5 Å². The molecule has 0 bridgehead atoms. The van der Waals surface area contributed by atoms with Gasteiger partial charge in [0.1, 0.15) is 11.2 Å². The average Bonchev–Trinajstić information content (AvgIpc) is 3.35. The first-order valence-electron chi connectivity index (χ1n) is 9.70. The molecule has 0 saturated carbocycles. The first-order chi connectivity index (χ1) is 14.0. The monoisotopic (exact) mass is 396 g/mol. The van der Waals surface area contributed by atoms with Crippen LogP contribution in [0, 0.1) is 6.92 Å². The van der Waals surface area contributed by atoms with Crippen LogP contribution in [0.1, 0.15) is 38.4 Å². The van der Waals surface area contributed by atoms with Gasteiger partial charge in [0.2, 0.25) is 0 Å².